The van der Waals surface area contributed by atoms with Crippen LogP contribution in [-0.2, 0) is 16.0 Å². The zero-order chi connectivity index (χ0) is 19.2. The van der Waals surface area contributed by atoms with Crippen LogP contribution < -0.4 is 5.32 Å². The standard InChI is InChI=1S/C22H32N4O2/c1-2-23-22(26-14-16-28-21(17-26)20-9-5-15-27-20)24-11-6-12-25-13-10-18-7-3-4-8-19(18)25/h3-4,7-8,10,13,20-21H,2,5-6,9,11-12,14-17H2,1H3,(H,23,24). The molecule has 2 saturated heterocycles. The van der Waals surface area contributed by atoms with Crippen molar-refractivity contribution in [1.82, 2.24) is 14.8 Å². The Hall–Kier alpha value is -2.05. The number of benzene rings is 1. The topological polar surface area (TPSA) is 51.0 Å². The van der Waals surface area contributed by atoms with E-state index < -0.39 is 0 Å². The number of para-hydroxylation sites is 1. The van der Waals surface area contributed by atoms with Gasteiger partial charge in [-0.05, 0) is 43.7 Å². The number of hydrogen-bond acceptors (Lipinski definition) is 3. The van der Waals surface area contributed by atoms with Crippen LogP contribution in [0.2, 0.25) is 0 Å². The van der Waals surface area contributed by atoms with Gasteiger partial charge in [0.15, 0.2) is 5.96 Å². The lowest BCUT2D eigenvalue weighted by molar-refractivity contribution is -0.0817. The number of hydrogen-bond donors (Lipinski definition) is 1. The van der Waals surface area contributed by atoms with E-state index in [9.17, 15) is 0 Å². The van der Waals surface area contributed by atoms with Crippen LogP contribution in [0.25, 0.3) is 10.9 Å². The fraction of sp³-hybridized carbons (Fsp3) is 0.591. The molecule has 2 unspecified atom stereocenters. The Labute approximate surface area is 167 Å². The van der Waals surface area contributed by atoms with Gasteiger partial charge in [0.25, 0.3) is 0 Å². The van der Waals surface area contributed by atoms with Gasteiger partial charge in [0.1, 0.15) is 6.10 Å². The van der Waals surface area contributed by atoms with Crippen molar-refractivity contribution in [2.24, 2.45) is 4.99 Å². The summed E-state index contributed by atoms with van der Waals surface area (Å²) in [6.45, 7) is 8.16. The molecule has 1 N–H and O–H groups in total. The van der Waals surface area contributed by atoms with Crippen molar-refractivity contribution in [2.45, 2.75) is 44.9 Å². The summed E-state index contributed by atoms with van der Waals surface area (Å²) in [5.74, 6) is 1.01. The van der Waals surface area contributed by atoms with Gasteiger partial charge in [0, 0.05) is 51.0 Å². The minimum absolute atomic E-state index is 0.159. The Morgan fingerprint density at radius 1 is 1.18 bits per heavy atom. The van der Waals surface area contributed by atoms with Gasteiger partial charge >= 0.3 is 0 Å². The first-order chi connectivity index (χ1) is 13.8. The molecule has 1 aromatic carbocycles. The van der Waals surface area contributed by atoms with Crippen molar-refractivity contribution in [3.63, 3.8) is 0 Å². The van der Waals surface area contributed by atoms with Crippen LogP contribution in [0.1, 0.15) is 26.2 Å². The van der Waals surface area contributed by atoms with Crippen molar-refractivity contribution in [3.05, 3.63) is 36.5 Å². The summed E-state index contributed by atoms with van der Waals surface area (Å²) in [7, 11) is 0. The average Bonchev–Trinajstić information content (AvgIpc) is 3.41. The lowest BCUT2D eigenvalue weighted by Gasteiger charge is -2.37. The fourth-order valence-electron chi connectivity index (χ4n) is 4.18. The van der Waals surface area contributed by atoms with Gasteiger partial charge in [0.2, 0.25) is 0 Å². The molecule has 2 aliphatic heterocycles. The molecule has 4 rings (SSSR count). The van der Waals surface area contributed by atoms with Crippen molar-refractivity contribution in [3.8, 4) is 0 Å². The van der Waals surface area contributed by atoms with Crippen LogP contribution in [0.4, 0.5) is 0 Å². The van der Waals surface area contributed by atoms with Crippen molar-refractivity contribution >= 4 is 16.9 Å². The molecule has 28 heavy (non-hydrogen) atoms. The number of nitrogens with zero attached hydrogens (tertiary/aromatic N) is 3. The lowest BCUT2D eigenvalue weighted by atomic mass is 10.1. The lowest BCUT2D eigenvalue weighted by Crippen LogP contribution is -2.53. The molecule has 0 bridgehead atoms. The van der Waals surface area contributed by atoms with Crippen LogP contribution in [0, 0.1) is 0 Å². The number of aryl methyl sites for hydroxylation is 1. The molecule has 6 nitrogen and oxygen atoms in total. The van der Waals surface area contributed by atoms with Crippen LogP contribution >= 0.6 is 0 Å². The van der Waals surface area contributed by atoms with Crippen LogP contribution in [0.3, 0.4) is 0 Å². The van der Waals surface area contributed by atoms with E-state index in [0.29, 0.717) is 0 Å². The Balaban J connectivity index is 1.33. The SMILES string of the molecule is CCNC(=NCCCn1ccc2ccccc21)N1CCOC(C2CCCO2)C1. The molecule has 0 radical (unpaired) electrons. The first-order valence-corrected chi connectivity index (χ1v) is 10.7. The number of ether oxygens (including phenoxy) is 2. The zero-order valence-electron chi connectivity index (χ0n) is 16.8. The molecule has 0 amide bonds. The smallest absolute Gasteiger partial charge is 0.194 e. The van der Waals surface area contributed by atoms with E-state index in [1.54, 1.807) is 0 Å². The normalized spacial score (nSPS) is 23.5. The first-order valence-electron chi connectivity index (χ1n) is 10.7. The summed E-state index contributed by atoms with van der Waals surface area (Å²) >= 11 is 0. The van der Waals surface area contributed by atoms with Crippen LogP contribution in [-0.4, -0.2) is 67.0 Å². The fourth-order valence-corrected chi connectivity index (χ4v) is 4.18. The maximum atomic E-state index is 5.98. The Morgan fingerprint density at radius 3 is 2.93 bits per heavy atom. The Bertz CT molecular complexity index is 782. The summed E-state index contributed by atoms with van der Waals surface area (Å²) in [5, 5.41) is 4.76. The van der Waals surface area contributed by atoms with Gasteiger partial charge in [-0.25, -0.2) is 0 Å². The Morgan fingerprint density at radius 2 is 2.07 bits per heavy atom. The van der Waals surface area contributed by atoms with Crippen LogP contribution in [0.15, 0.2) is 41.5 Å². The third-order valence-corrected chi connectivity index (χ3v) is 5.61. The average molecular weight is 385 g/mol. The quantitative estimate of drug-likeness (QED) is 0.473. The van der Waals surface area contributed by atoms with E-state index >= 15 is 0 Å². The van der Waals surface area contributed by atoms with E-state index in [1.165, 1.54) is 10.9 Å². The highest BCUT2D eigenvalue weighted by molar-refractivity contribution is 5.80. The number of aliphatic imine (C=N–C) groups is 1. The molecule has 2 aliphatic rings. The predicted molar refractivity (Wildman–Crippen MR) is 113 cm³/mol. The molecule has 0 saturated carbocycles. The summed E-state index contributed by atoms with van der Waals surface area (Å²) in [4.78, 5) is 7.24. The van der Waals surface area contributed by atoms with E-state index in [0.717, 1.165) is 71.2 Å². The summed E-state index contributed by atoms with van der Waals surface area (Å²) in [6.07, 6.45) is 5.85. The van der Waals surface area contributed by atoms with Crippen molar-refractivity contribution in [2.75, 3.05) is 39.4 Å². The minimum atomic E-state index is 0.159. The van der Waals surface area contributed by atoms with E-state index in [2.05, 4.69) is 58.2 Å². The number of morpholine rings is 1. The second-order valence-corrected chi connectivity index (χ2v) is 7.56. The molecule has 1 aromatic heterocycles. The third kappa shape index (κ3) is 4.50. The molecule has 2 fully saturated rings. The summed E-state index contributed by atoms with van der Waals surface area (Å²) in [5.41, 5.74) is 1.30. The molecule has 2 atom stereocenters. The van der Waals surface area contributed by atoms with Gasteiger partial charge in [-0.2, -0.15) is 0 Å². The summed E-state index contributed by atoms with van der Waals surface area (Å²) in [6, 6.07) is 10.7. The molecule has 0 spiro atoms. The maximum Gasteiger partial charge on any atom is 0.194 e. The van der Waals surface area contributed by atoms with Gasteiger partial charge in [-0.1, -0.05) is 18.2 Å². The number of guanidine groups is 1. The van der Waals surface area contributed by atoms with Gasteiger partial charge < -0.3 is 24.3 Å². The zero-order valence-corrected chi connectivity index (χ0v) is 16.8. The Kier molecular flexibility index (Phi) is 6.49. The first kappa shape index (κ1) is 19.3. The monoisotopic (exact) mass is 384 g/mol. The van der Waals surface area contributed by atoms with Gasteiger partial charge in [-0.15, -0.1) is 0 Å². The number of fused-ring (bicyclic) bond motifs is 1. The highest BCUT2D eigenvalue weighted by Crippen LogP contribution is 2.21. The minimum Gasteiger partial charge on any atom is -0.375 e. The highest BCUT2D eigenvalue weighted by Gasteiger charge is 2.32. The molecular weight excluding hydrogens is 352 g/mol. The van der Waals surface area contributed by atoms with Gasteiger partial charge in [-0.3, -0.25) is 4.99 Å². The summed E-state index contributed by atoms with van der Waals surface area (Å²) < 4.78 is 14.1. The second-order valence-electron chi connectivity index (χ2n) is 7.56. The molecule has 152 valence electrons. The highest BCUT2D eigenvalue weighted by atomic mass is 16.5. The van der Waals surface area contributed by atoms with E-state index in [-0.39, 0.29) is 12.2 Å². The van der Waals surface area contributed by atoms with Crippen molar-refractivity contribution in [1.29, 1.82) is 0 Å². The molecule has 3 heterocycles. The maximum absolute atomic E-state index is 5.98. The number of aromatic nitrogens is 1. The third-order valence-electron chi connectivity index (χ3n) is 5.61. The second kappa shape index (κ2) is 9.43. The molecule has 0 aliphatic carbocycles. The van der Waals surface area contributed by atoms with E-state index in [4.69, 9.17) is 14.5 Å². The van der Waals surface area contributed by atoms with E-state index in [1.807, 2.05) is 0 Å². The molecule has 6 heteroatoms. The van der Waals surface area contributed by atoms with Crippen molar-refractivity contribution < 1.29 is 9.47 Å². The molecular formula is C22H32N4O2. The number of rotatable bonds is 6. The molecule has 2 aromatic rings. The van der Waals surface area contributed by atoms with Crippen LogP contribution in [0.5, 0.6) is 0 Å². The predicted octanol–water partition coefficient (Wildman–Crippen LogP) is 2.88. The van der Waals surface area contributed by atoms with Gasteiger partial charge in [0.05, 0.1) is 12.7 Å². The largest absolute Gasteiger partial charge is 0.375 e. The number of nitrogens with one attached hydrogen (secondary N) is 1.